The second kappa shape index (κ2) is 8.25. The number of hydrogen-bond donors (Lipinski definition) is 2. The van der Waals surface area contributed by atoms with Gasteiger partial charge >= 0.3 is 0 Å². The molecule has 6 heteroatoms. The van der Waals surface area contributed by atoms with Crippen LogP contribution in [0.2, 0.25) is 0 Å². The number of rotatable bonds is 5. The first-order valence-electron chi connectivity index (χ1n) is 10.1. The van der Waals surface area contributed by atoms with Gasteiger partial charge < -0.3 is 20.3 Å². The molecule has 1 aliphatic heterocycles. The lowest BCUT2D eigenvalue weighted by Crippen LogP contribution is -2.36. The number of morpholine rings is 1. The first kappa shape index (κ1) is 19.5. The van der Waals surface area contributed by atoms with Crippen molar-refractivity contribution >= 4 is 28.9 Å². The summed E-state index contributed by atoms with van der Waals surface area (Å²) < 4.78 is 5.42. The first-order valence-corrected chi connectivity index (χ1v) is 10.1. The molecule has 2 aromatic carbocycles. The van der Waals surface area contributed by atoms with Crippen LogP contribution in [0.1, 0.15) is 17.5 Å². The van der Waals surface area contributed by atoms with Crippen molar-refractivity contribution in [1.29, 1.82) is 0 Å². The van der Waals surface area contributed by atoms with Gasteiger partial charge in [-0.05, 0) is 49.6 Å². The van der Waals surface area contributed by atoms with Gasteiger partial charge in [-0.15, -0.1) is 0 Å². The van der Waals surface area contributed by atoms with Crippen molar-refractivity contribution in [2.24, 2.45) is 11.8 Å². The smallest absolute Gasteiger partial charge is 0.228 e. The molecule has 2 amide bonds. The summed E-state index contributed by atoms with van der Waals surface area (Å²) in [4.78, 5) is 27.6. The maximum Gasteiger partial charge on any atom is 0.228 e. The molecule has 2 aromatic rings. The molecule has 152 valence electrons. The Morgan fingerprint density at radius 2 is 1.59 bits per heavy atom. The van der Waals surface area contributed by atoms with E-state index in [2.05, 4.69) is 15.5 Å². The fourth-order valence-electron chi connectivity index (χ4n) is 3.76. The average Bonchev–Trinajstić information content (AvgIpc) is 3.53. The van der Waals surface area contributed by atoms with E-state index in [1.807, 2.05) is 56.3 Å². The van der Waals surface area contributed by atoms with Gasteiger partial charge in [-0.1, -0.05) is 24.3 Å². The Kier molecular flexibility index (Phi) is 5.53. The number of hydrogen-bond acceptors (Lipinski definition) is 4. The zero-order valence-electron chi connectivity index (χ0n) is 16.9. The summed E-state index contributed by atoms with van der Waals surface area (Å²) in [6, 6.07) is 13.8. The van der Waals surface area contributed by atoms with Crippen molar-refractivity contribution in [3.8, 4) is 0 Å². The molecule has 2 aliphatic rings. The van der Waals surface area contributed by atoms with Crippen LogP contribution in [0, 0.1) is 25.7 Å². The Hall–Kier alpha value is -2.86. The number of para-hydroxylation sites is 2. The summed E-state index contributed by atoms with van der Waals surface area (Å²) in [5.41, 5.74) is 4.72. The number of carbonyl (C=O) groups excluding carboxylic acids is 2. The summed E-state index contributed by atoms with van der Waals surface area (Å²) in [6.07, 6.45) is 0.586. The molecule has 4 rings (SSSR count). The van der Waals surface area contributed by atoms with E-state index < -0.39 is 0 Å². The van der Waals surface area contributed by atoms with E-state index in [9.17, 15) is 9.59 Å². The molecule has 29 heavy (non-hydrogen) atoms. The average molecular weight is 393 g/mol. The van der Waals surface area contributed by atoms with Crippen LogP contribution in [-0.4, -0.2) is 38.1 Å². The Bertz CT molecular complexity index is 921. The first-order chi connectivity index (χ1) is 14.0. The Labute approximate surface area is 171 Å². The van der Waals surface area contributed by atoms with Crippen molar-refractivity contribution in [2.75, 3.05) is 41.8 Å². The van der Waals surface area contributed by atoms with Crippen LogP contribution in [-0.2, 0) is 14.3 Å². The number of aryl methyl sites for hydroxylation is 2. The van der Waals surface area contributed by atoms with Crippen molar-refractivity contribution < 1.29 is 14.3 Å². The number of anilines is 3. The molecular formula is C23H27N3O3. The molecule has 0 spiro atoms. The lowest BCUT2D eigenvalue weighted by atomic mass is 10.1. The molecule has 0 aromatic heterocycles. The second-order valence-corrected chi connectivity index (χ2v) is 7.86. The van der Waals surface area contributed by atoms with Gasteiger partial charge in [0.05, 0.1) is 36.4 Å². The standard InChI is InChI=1S/C23H27N3O3/c1-15-7-8-16(2)20(13-15)25-23(28)18-14-17(18)22(27)24-19-5-3-4-6-21(19)26-9-11-29-12-10-26/h3-8,13,17-18H,9-12,14H2,1-2H3,(H,24,27)(H,25,28). The van der Waals surface area contributed by atoms with Crippen molar-refractivity contribution in [2.45, 2.75) is 20.3 Å². The van der Waals surface area contributed by atoms with Gasteiger partial charge in [-0.3, -0.25) is 9.59 Å². The Morgan fingerprint density at radius 1 is 0.931 bits per heavy atom. The summed E-state index contributed by atoms with van der Waals surface area (Å²) in [5.74, 6) is -0.726. The third-order valence-electron chi connectivity index (χ3n) is 5.63. The van der Waals surface area contributed by atoms with Crippen LogP contribution in [0.3, 0.4) is 0 Å². The van der Waals surface area contributed by atoms with E-state index in [4.69, 9.17) is 4.74 Å². The van der Waals surface area contributed by atoms with Gasteiger partial charge in [0.2, 0.25) is 11.8 Å². The third-order valence-corrected chi connectivity index (χ3v) is 5.63. The molecule has 1 aliphatic carbocycles. The van der Waals surface area contributed by atoms with E-state index in [0.717, 1.165) is 41.3 Å². The predicted octanol–water partition coefficient (Wildman–Crippen LogP) is 3.35. The predicted molar refractivity (Wildman–Crippen MR) is 114 cm³/mol. The normalized spacial score (nSPS) is 20.8. The molecule has 2 atom stereocenters. The topological polar surface area (TPSA) is 70.7 Å². The van der Waals surface area contributed by atoms with Crippen molar-refractivity contribution in [3.63, 3.8) is 0 Å². The number of nitrogens with one attached hydrogen (secondary N) is 2. The minimum Gasteiger partial charge on any atom is -0.378 e. The number of nitrogens with zero attached hydrogens (tertiary/aromatic N) is 1. The number of benzene rings is 2. The summed E-state index contributed by atoms with van der Waals surface area (Å²) in [5, 5.41) is 6.02. The molecule has 2 N–H and O–H groups in total. The van der Waals surface area contributed by atoms with Gasteiger partial charge in [0, 0.05) is 18.8 Å². The second-order valence-electron chi connectivity index (χ2n) is 7.86. The van der Waals surface area contributed by atoms with E-state index in [1.165, 1.54) is 0 Å². The van der Waals surface area contributed by atoms with E-state index in [1.54, 1.807) is 0 Å². The van der Waals surface area contributed by atoms with Gasteiger partial charge in [0.1, 0.15) is 0 Å². The van der Waals surface area contributed by atoms with Gasteiger partial charge in [-0.25, -0.2) is 0 Å². The molecule has 2 unspecified atom stereocenters. The van der Waals surface area contributed by atoms with E-state index >= 15 is 0 Å². The zero-order chi connectivity index (χ0) is 20.4. The quantitative estimate of drug-likeness (QED) is 0.817. The molecule has 0 bridgehead atoms. The minimum atomic E-state index is -0.280. The highest BCUT2D eigenvalue weighted by Crippen LogP contribution is 2.41. The molecule has 0 radical (unpaired) electrons. The van der Waals surface area contributed by atoms with Crippen LogP contribution < -0.4 is 15.5 Å². The van der Waals surface area contributed by atoms with Gasteiger partial charge in [0.15, 0.2) is 0 Å². The van der Waals surface area contributed by atoms with Crippen LogP contribution in [0.15, 0.2) is 42.5 Å². The third kappa shape index (κ3) is 4.43. The number of ether oxygens (including phenoxy) is 1. The molecule has 1 saturated heterocycles. The summed E-state index contributed by atoms with van der Waals surface area (Å²) >= 11 is 0. The molecule has 2 fully saturated rings. The van der Waals surface area contributed by atoms with Crippen molar-refractivity contribution in [1.82, 2.24) is 0 Å². The summed E-state index contributed by atoms with van der Waals surface area (Å²) in [7, 11) is 0. The zero-order valence-corrected chi connectivity index (χ0v) is 16.9. The van der Waals surface area contributed by atoms with Crippen LogP contribution in [0.5, 0.6) is 0 Å². The maximum absolute atomic E-state index is 12.8. The highest BCUT2D eigenvalue weighted by Gasteiger charge is 2.48. The number of carbonyl (C=O) groups is 2. The van der Waals surface area contributed by atoms with E-state index in [0.29, 0.717) is 19.6 Å². The van der Waals surface area contributed by atoms with E-state index in [-0.39, 0.29) is 23.7 Å². The number of amides is 2. The molecule has 1 heterocycles. The fraction of sp³-hybridized carbons (Fsp3) is 0.391. The summed E-state index contributed by atoms with van der Waals surface area (Å²) in [6.45, 7) is 6.94. The monoisotopic (exact) mass is 393 g/mol. The highest BCUT2D eigenvalue weighted by atomic mass is 16.5. The van der Waals surface area contributed by atoms with Gasteiger partial charge in [-0.2, -0.15) is 0 Å². The fourth-order valence-corrected chi connectivity index (χ4v) is 3.76. The lowest BCUT2D eigenvalue weighted by Gasteiger charge is -2.30. The largest absolute Gasteiger partial charge is 0.378 e. The van der Waals surface area contributed by atoms with Crippen LogP contribution >= 0.6 is 0 Å². The molecule has 1 saturated carbocycles. The lowest BCUT2D eigenvalue weighted by molar-refractivity contribution is -0.122. The van der Waals surface area contributed by atoms with Crippen molar-refractivity contribution in [3.05, 3.63) is 53.6 Å². The Morgan fingerprint density at radius 3 is 2.31 bits per heavy atom. The van der Waals surface area contributed by atoms with Crippen LogP contribution in [0.4, 0.5) is 17.1 Å². The molecule has 6 nitrogen and oxygen atoms in total. The Balaban J connectivity index is 1.38. The van der Waals surface area contributed by atoms with Crippen LogP contribution in [0.25, 0.3) is 0 Å². The van der Waals surface area contributed by atoms with Gasteiger partial charge in [0.25, 0.3) is 0 Å². The molecular weight excluding hydrogens is 366 g/mol. The maximum atomic E-state index is 12.8. The minimum absolute atomic E-state index is 0.0830. The SMILES string of the molecule is Cc1ccc(C)c(NC(=O)C2CC2C(=O)Nc2ccccc2N2CCOCC2)c1. The highest BCUT2D eigenvalue weighted by molar-refractivity contribution is 6.04.